The number of nitrogens with one attached hydrogen (secondary N) is 1. The predicted molar refractivity (Wildman–Crippen MR) is 78.1 cm³/mol. The summed E-state index contributed by atoms with van der Waals surface area (Å²) in [4.78, 5) is 11.5. The number of aliphatic hydroxyl groups excluding tert-OH is 1. The molecule has 106 valence electrons. The number of phenols is 1. The predicted octanol–water partition coefficient (Wildman–Crippen LogP) is 1.30. The largest absolute Gasteiger partial charge is 0.507 e. The number of halogens is 1. The molecule has 0 aromatic heterocycles. The highest BCUT2D eigenvalue weighted by molar-refractivity contribution is 5.92. The van der Waals surface area contributed by atoms with E-state index in [4.69, 9.17) is 10.8 Å². The van der Waals surface area contributed by atoms with Crippen LogP contribution in [0.15, 0.2) is 24.3 Å². The maximum atomic E-state index is 11.5. The Morgan fingerprint density at radius 1 is 1.53 bits per heavy atom. The van der Waals surface area contributed by atoms with E-state index < -0.39 is 0 Å². The molecular weight excluding hydrogens is 268 g/mol. The Morgan fingerprint density at radius 3 is 2.79 bits per heavy atom. The van der Waals surface area contributed by atoms with E-state index in [2.05, 4.69) is 5.32 Å². The monoisotopic (exact) mass is 286 g/mol. The minimum absolute atomic E-state index is 0. The molecule has 5 N–H and O–H groups in total. The molecule has 1 amide bonds. The van der Waals surface area contributed by atoms with Crippen molar-refractivity contribution in [2.24, 2.45) is 0 Å². The van der Waals surface area contributed by atoms with Crippen LogP contribution in [-0.2, 0) is 4.79 Å². The zero-order valence-corrected chi connectivity index (χ0v) is 11.5. The number of hydrogen-bond donors (Lipinski definition) is 4. The van der Waals surface area contributed by atoms with E-state index in [0.717, 1.165) is 0 Å². The SMILES string of the molecule is CCC(CO)NC(=O)C=Cc1cc(N)ccc1O.Cl. The van der Waals surface area contributed by atoms with Crippen molar-refractivity contribution in [3.63, 3.8) is 0 Å². The summed E-state index contributed by atoms with van der Waals surface area (Å²) in [5, 5.41) is 21.1. The molecule has 0 bridgehead atoms. The molecule has 1 rings (SSSR count). The maximum Gasteiger partial charge on any atom is 0.244 e. The van der Waals surface area contributed by atoms with Gasteiger partial charge in [-0.25, -0.2) is 0 Å². The molecule has 0 radical (unpaired) electrons. The third-order valence-corrected chi connectivity index (χ3v) is 2.53. The molecule has 0 fully saturated rings. The second-order valence-electron chi connectivity index (χ2n) is 3.95. The number of rotatable bonds is 5. The summed E-state index contributed by atoms with van der Waals surface area (Å²) in [5.74, 6) is -0.264. The zero-order valence-electron chi connectivity index (χ0n) is 10.7. The molecule has 0 heterocycles. The lowest BCUT2D eigenvalue weighted by molar-refractivity contribution is -0.117. The van der Waals surface area contributed by atoms with Crippen LogP contribution in [0, 0.1) is 0 Å². The summed E-state index contributed by atoms with van der Waals surface area (Å²) >= 11 is 0. The fourth-order valence-electron chi connectivity index (χ4n) is 1.40. The summed E-state index contributed by atoms with van der Waals surface area (Å²) < 4.78 is 0. The van der Waals surface area contributed by atoms with Crippen LogP contribution in [0.4, 0.5) is 5.69 Å². The second kappa shape index (κ2) is 8.39. The number of nitrogens with two attached hydrogens (primary N) is 1. The Balaban J connectivity index is 0.00000324. The van der Waals surface area contributed by atoms with Crippen LogP contribution >= 0.6 is 12.4 Å². The van der Waals surface area contributed by atoms with Crippen molar-refractivity contribution in [2.75, 3.05) is 12.3 Å². The van der Waals surface area contributed by atoms with Crippen molar-refractivity contribution in [1.29, 1.82) is 0 Å². The molecule has 0 saturated heterocycles. The van der Waals surface area contributed by atoms with E-state index in [9.17, 15) is 9.90 Å². The summed E-state index contributed by atoms with van der Waals surface area (Å²) in [5.41, 5.74) is 6.56. The Bertz CT molecular complexity index is 446. The zero-order chi connectivity index (χ0) is 13.5. The van der Waals surface area contributed by atoms with E-state index in [0.29, 0.717) is 17.7 Å². The number of carbonyl (C=O) groups excluding carboxylic acids is 1. The van der Waals surface area contributed by atoms with Gasteiger partial charge in [-0.3, -0.25) is 4.79 Å². The van der Waals surface area contributed by atoms with Crippen LogP contribution in [0.1, 0.15) is 18.9 Å². The van der Waals surface area contributed by atoms with Crippen molar-refractivity contribution in [1.82, 2.24) is 5.32 Å². The highest BCUT2D eigenvalue weighted by Gasteiger charge is 2.06. The number of anilines is 1. The molecular formula is C13H19ClN2O3. The molecule has 0 aliphatic carbocycles. The lowest BCUT2D eigenvalue weighted by Gasteiger charge is -2.11. The van der Waals surface area contributed by atoms with Gasteiger partial charge in [0.1, 0.15) is 5.75 Å². The Hall–Kier alpha value is -1.72. The van der Waals surface area contributed by atoms with Crippen molar-refractivity contribution in [3.8, 4) is 5.75 Å². The molecule has 1 unspecified atom stereocenters. The first-order valence-electron chi connectivity index (χ1n) is 5.74. The smallest absolute Gasteiger partial charge is 0.244 e. The summed E-state index contributed by atoms with van der Waals surface area (Å²) in [6, 6.07) is 4.36. The van der Waals surface area contributed by atoms with Crippen LogP contribution in [0.5, 0.6) is 5.75 Å². The number of nitrogen functional groups attached to an aromatic ring is 1. The van der Waals surface area contributed by atoms with Crippen LogP contribution < -0.4 is 11.1 Å². The molecule has 0 spiro atoms. The normalized spacial score (nSPS) is 11.9. The lowest BCUT2D eigenvalue weighted by Crippen LogP contribution is -2.35. The number of benzene rings is 1. The fraction of sp³-hybridized carbons (Fsp3) is 0.308. The number of hydrogen-bond acceptors (Lipinski definition) is 4. The average Bonchev–Trinajstić information content (AvgIpc) is 2.37. The van der Waals surface area contributed by atoms with Gasteiger partial charge < -0.3 is 21.3 Å². The van der Waals surface area contributed by atoms with Crippen molar-refractivity contribution >= 4 is 30.1 Å². The summed E-state index contributed by atoms with van der Waals surface area (Å²) in [7, 11) is 0. The number of aliphatic hydroxyl groups is 1. The average molecular weight is 287 g/mol. The topological polar surface area (TPSA) is 95.6 Å². The van der Waals surface area contributed by atoms with Crippen LogP contribution in [0.25, 0.3) is 6.08 Å². The van der Waals surface area contributed by atoms with Crippen LogP contribution in [-0.4, -0.2) is 28.8 Å². The lowest BCUT2D eigenvalue weighted by atomic mass is 10.1. The Morgan fingerprint density at radius 2 is 2.21 bits per heavy atom. The summed E-state index contributed by atoms with van der Waals surface area (Å²) in [6.07, 6.45) is 3.43. The van der Waals surface area contributed by atoms with Crippen LogP contribution in [0.2, 0.25) is 0 Å². The second-order valence-corrected chi connectivity index (χ2v) is 3.95. The number of carbonyl (C=O) groups is 1. The first-order chi connectivity index (χ1) is 8.56. The number of aromatic hydroxyl groups is 1. The van der Waals surface area contributed by atoms with Gasteiger partial charge in [-0.2, -0.15) is 0 Å². The molecule has 5 nitrogen and oxygen atoms in total. The quantitative estimate of drug-likeness (QED) is 0.373. The van der Waals surface area contributed by atoms with Crippen molar-refractivity contribution in [3.05, 3.63) is 29.8 Å². The van der Waals surface area contributed by atoms with E-state index in [1.165, 1.54) is 18.2 Å². The van der Waals surface area contributed by atoms with Gasteiger partial charge in [0.2, 0.25) is 5.91 Å². The molecule has 0 aliphatic heterocycles. The Kier molecular flexibility index (Phi) is 7.63. The number of amides is 1. The Labute approximate surface area is 118 Å². The van der Waals surface area contributed by atoms with Gasteiger partial charge in [-0.1, -0.05) is 6.92 Å². The van der Waals surface area contributed by atoms with Crippen LogP contribution in [0.3, 0.4) is 0 Å². The standard InChI is InChI=1S/C13H18N2O3.ClH/c1-2-11(8-16)15-13(18)6-3-9-7-10(14)4-5-12(9)17;/h3-7,11,16-17H,2,8,14H2,1H3,(H,15,18);1H. The highest BCUT2D eigenvalue weighted by Crippen LogP contribution is 2.20. The van der Waals surface area contributed by atoms with Gasteiger partial charge in [0.15, 0.2) is 0 Å². The van der Waals surface area contributed by atoms with Gasteiger partial charge in [-0.15, -0.1) is 12.4 Å². The maximum absolute atomic E-state index is 11.5. The minimum atomic E-state index is -0.322. The highest BCUT2D eigenvalue weighted by atomic mass is 35.5. The van der Waals surface area contributed by atoms with E-state index in [-0.39, 0.29) is 36.7 Å². The summed E-state index contributed by atoms with van der Waals surface area (Å²) in [6.45, 7) is 1.77. The van der Waals surface area contributed by atoms with Gasteiger partial charge in [0, 0.05) is 17.3 Å². The molecule has 0 saturated carbocycles. The molecule has 0 aliphatic rings. The first-order valence-corrected chi connectivity index (χ1v) is 5.74. The van der Waals surface area contributed by atoms with Gasteiger partial charge in [0.25, 0.3) is 0 Å². The molecule has 19 heavy (non-hydrogen) atoms. The third-order valence-electron chi connectivity index (χ3n) is 2.53. The first kappa shape index (κ1) is 17.3. The van der Waals surface area contributed by atoms with Gasteiger partial charge in [0.05, 0.1) is 12.6 Å². The fourth-order valence-corrected chi connectivity index (χ4v) is 1.40. The molecule has 1 aromatic rings. The third kappa shape index (κ3) is 5.63. The minimum Gasteiger partial charge on any atom is -0.507 e. The van der Waals surface area contributed by atoms with E-state index in [1.807, 2.05) is 6.92 Å². The van der Waals surface area contributed by atoms with Gasteiger partial charge in [-0.05, 0) is 30.7 Å². The van der Waals surface area contributed by atoms with E-state index in [1.54, 1.807) is 12.1 Å². The van der Waals surface area contributed by atoms with Crippen molar-refractivity contribution < 1.29 is 15.0 Å². The van der Waals surface area contributed by atoms with Gasteiger partial charge >= 0.3 is 0 Å². The molecule has 6 heteroatoms. The molecule has 1 atom stereocenters. The molecule has 1 aromatic carbocycles. The van der Waals surface area contributed by atoms with Crippen molar-refractivity contribution in [2.45, 2.75) is 19.4 Å². The number of phenolic OH excluding ortho intramolecular Hbond substituents is 1. The van der Waals surface area contributed by atoms with E-state index >= 15 is 0 Å².